The number of aliphatic carboxylic acids is 1. The third-order valence-corrected chi connectivity index (χ3v) is 9.97. The second kappa shape index (κ2) is 13.3. The van der Waals surface area contributed by atoms with Crippen molar-refractivity contribution in [3.8, 4) is 21.7 Å². The van der Waals surface area contributed by atoms with E-state index in [4.69, 9.17) is 9.72 Å². The number of carbonyl (C=O) groups is 2. The maximum Gasteiger partial charge on any atom is 0.337 e. The summed E-state index contributed by atoms with van der Waals surface area (Å²) in [5.74, 6) is -4.25. The summed E-state index contributed by atoms with van der Waals surface area (Å²) in [5.41, 5.74) is 1.03. The number of pyridine rings is 2. The maximum atomic E-state index is 16.0. The molecule has 48 heavy (non-hydrogen) atoms. The van der Waals surface area contributed by atoms with Gasteiger partial charge in [-0.15, -0.1) is 11.3 Å². The number of thiazole rings is 1. The van der Waals surface area contributed by atoms with Crippen molar-refractivity contribution in [3.05, 3.63) is 59.0 Å². The number of piperidine rings is 1. The fraction of sp³-hybridized carbons (Fsp3) is 0.424. The smallest absolute Gasteiger partial charge is 0.337 e. The number of alkyl halides is 2. The van der Waals surface area contributed by atoms with E-state index in [1.54, 1.807) is 31.5 Å². The lowest BCUT2D eigenvalue weighted by Crippen LogP contribution is -2.50. The Morgan fingerprint density at radius 3 is 2.69 bits per heavy atom. The number of carbonyl (C=O) groups excluding carboxylic acids is 1. The third kappa shape index (κ3) is 6.42. The molecule has 15 heteroatoms. The van der Waals surface area contributed by atoms with Gasteiger partial charge >= 0.3 is 17.9 Å². The number of nitrogens with zero attached hydrogens (tertiary/aromatic N) is 6. The molecule has 2 saturated heterocycles. The fourth-order valence-corrected chi connectivity index (χ4v) is 7.53. The number of fused-ring (bicyclic) bond motifs is 6. The molecular formula is C33H36F2N8O4S. The minimum atomic E-state index is -3.59. The second-order valence-electron chi connectivity index (χ2n) is 12.2. The summed E-state index contributed by atoms with van der Waals surface area (Å²) in [6, 6.07) is 2.75. The van der Waals surface area contributed by atoms with Crippen LogP contribution in [-0.2, 0) is 15.5 Å². The minimum Gasteiger partial charge on any atom is -0.478 e. The summed E-state index contributed by atoms with van der Waals surface area (Å²) in [7, 11) is 0. The molecule has 0 radical (unpaired) electrons. The van der Waals surface area contributed by atoms with Crippen LogP contribution in [0.25, 0.3) is 27.3 Å². The van der Waals surface area contributed by atoms with Gasteiger partial charge in [0.1, 0.15) is 22.3 Å². The molecule has 3 aromatic heterocycles. The van der Waals surface area contributed by atoms with E-state index < -0.39 is 23.6 Å². The van der Waals surface area contributed by atoms with Crippen molar-refractivity contribution in [2.24, 2.45) is 0 Å². The number of carboxylic acids is 1. The van der Waals surface area contributed by atoms with E-state index >= 15 is 8.78 Å². The summed E-state index contributed by atoms with van der Waals surface area (Å²) in [4.78, 5) is 45.1. The van der Waals surface area contributed by atoms with E-state index in [-0.39, 0.29) is 23.0 Å². The van der Waals surface area contributed by atoms with Gasteiger partial charge in [-0.1, -0.05) is 0 Å². The van der Waals surface area contributed by atoms with E-state index in [1.807, 2.05) is 4.90 Å². The average molecular weight is 679 g/mol. The molecule has 4 bridgehead atoms. The Balaban J connectivity index is 1.29. The number of amides is 2. The molecule has 12 nitrogen and oxygen atoms in total. The summed E-state index contributed by atoms with van der Waals surface area (Å²) in [6.07, 6.45) is 7.07. The molecule has 252 valence electrons. The van der Waals surface area contributed by atoms with Crippen LogP contribution in [0.2, 0.25) is 0 Å². The van der Waals surface area contributed by atoms with Gasteiger partial charge in [0, 0.05) is 97.1 Å². The quantitative estimate of drug-likeness (QED) is 0.328. The number of morpholine rings is 1. The van der Waals surface area contributed by atoms with Crippen LogP contribution in [-0.4, -0.2) is 107 Å². The summed E-state index contributed by atoms with van der Waals surface area (Å²) >= 11 is 1.03. The van der Waals surface area contributed by atoms with Gasteiger partial charge in [-0.3, -0.25) is 10.2 Å². The number of urea groups is 1. The number of hydrogen-bond donors (Lipinski definition) is 3. The topological polar surface area (TPSA) is 136 Å². The number of hydrogen-bond acceptors (Lipinski definition) is 10. The highest BCUT2D eigenvalue weighted by atomic mass is 32.1. The SMILES string of the molecule is CCNC(=O)Nc1cc2c(cn1)-c1cnc3c(c1)C(=CC(F)(F)c1csc-2n1)C(C(=O)O)=CN3C1CCCN(CCN2CCOCC2)C1. The summed E-state index contributed by atoms with van der Waals surface area (Å²) in [6.45, 7) is 8.86. The zero-order valence-corrected chi connectivity index (χ0v) is 27.2. The lowest BCUT2D eigenvalue weighted by Gasteiger charge is -2.41. The Kier molecular flexibility index (Phi) is 8.94. The van der Waals surface area contributed by atoms with Gasteiger partial charge in [0.2, 0.25) is 0 Å². The van der Waals surface area contributed by atoms with Crippen LogP contribution < -0.4 is 15.5 Å². The predicted molar refractivity (Wildman–Crippen MR) is 178 cm³/mol. The van der Waals surface area contributed by atoms with Crippen molar-refractivity contribution in [1.82, 2.24) is 30.1 Å². The van der Waals surface area contributed by atoms with Crippen molar-refractivity contribution in [3.63, 3.8) is 0 Å². The van der Waals surface area contributed by atoms with Gasteiger partial charge < -0.3 is 25.0 Å². The van der Waals surface area contributed by atoms with Crippen LogP contribution in [0, 0.1) is 0 Å². The lowest BCUT2D eigenvalue weighted by atomic mass is 9.90. The van der Waals surface area contributed by atoms with E-state index in [0.717, 1.165) is 70.1 Å². The number of allylic oxidation sites excluding steroid dienone is 1. The fourth-order valence-electron chi connectivity index (χ4n) is 6.65. The molecule has 0 spiro atoms. The van der Waals surface area contributed by atoms with Gasteiger partial charge in [0.15, 0.2) is 0 Å². The van der Waals surface area contributed by atoms with E-state index in [0.29, 0.717) is 52.2 Å². The van der Waals surface area contributed by atoms with Crippen LogP contribution in [0.15, 0.2) is 47.8 Å². The molecule has 2 fully saturated rings. The highest BCUT2D eigenvalue weighted by Crippen LogP contribution is 2.46. The first-order valence-corrected chi connectivity index (χ1v) is 17.0. The first-order valence-electron chi connectivity index (χ1n) is 16.1. The maximum absolute atomic E-state index is 16.0. The monoisotopic (exact) mass is 678 g/mol. The number of nitrogens with one attached hydrogen (secondary N) is 2. The summed E-state index contributed by atoms with van der Waals surface area (Å²) < 4.78 is 37.5. The largest absolute Gasteiger partial charge is 0.478 e. The van der Waals surface area contributed by atoms with Crippen molar-refractivity contribution >= 4 is 40.5 Å². The molecular weight excluding hydrogens is 642 g/mol. The first-order chi connectivity index (χ1) is 23.2. The molecule has 7 heterocycles. The first kappa shape index (κ1) is 32.2. The number of aromatic nitrogens is 3. The standard InChI is InChI=1S/C33H36F2N8O4S/c1-2-36-32(46)40-28-13-23-25(16-37-28)20-12-22-24(14-33(34,35)27-19-48-30(23)39-27)26(31(44)45)18-43(29(22)38-15-20)21-4-3-5-42(17-21)7-6-41-8-10-47-11-9-41/h12-16,18-19,21H,2-11,17H2,1H3,(H,44,45)(H2,36,37,40,46). The second-order valence-corrected chi connectivity index (χ2v) is 13.1. The van der Waals surface area contributed by atoms with Crippen molar-refractivity contribution in [2.45, 2.75) is 31.7 Å². The molecule has 3 N–H and O–H groups in total. The van der Waals surface area contributed by atoms with Crippen molar-refractivity contribution in [2.75, 3.05) is 69.2 Å². The Morgan fingerprint density at radius 2 is 1.90 bits per heavy atom. The van der Waals surface area contributed by atoms with Crippen LogP contribution in [0.4, 0.5) is 25.2 Å². The summed E-state index contributed by atoms with van der Waals surface area (Å²) in [5, 5.41) is 17.3. The van der Waals surface area contributed by atoms with E-state index in [1.165, 1.54) is 11.6 Å². The highest BCUT2D eigenvalue weighted by molar-refractivity contribution is 7.13. The Labute approximate surface area is 280 Å². The van der Waals surface area contributed by atoms with Gasteiger partial charge in [-0.2, -0.15) is 8.78 Å². The van der Waals surface area contributed by atoms with Crippen molar-refractivity contribution in [1.29, 1.82) is 0 Å². The number of ether oxygens (including phenoxy) is 1. The van der Waals surface area contributed by atoms with Crippen LogP contribution in [0.5, 0.6) is 0 Å². The van der Waals surface area contributed by atoms with E-state index in [2.05, 4.69) is 30.4 Å². The third-order valence-electron chi connectivity index (χ3n) is 9.10. The molecule has 4 aliphatic heterocycles. The van der Waals surface area contributed by atoms with E-state index in [9.17, 15) is 14.7 Å². The zero-order valence-electron chi connectivity index (χ0n) is 26.4. The lowest BCUT2D eigenvalue weighted by molar-refractivity contribution is -0.132. The molecule has 1 unspecified atom stereocenters. The van der Waals surface area contributed by atoms with Crippen LogP contribution >= 0.6 is 11.3 Å². The Hall–Kier alpha value is -4.31. The van der Waals surface area contributed by atoms with Gasteiger partial charge in [-0.05, 0) is 44.5 Å². The molecule has 7 rings (SSSR count). The molecule has 4 aliphatic rings. The minimum absolute atomic E-state index is 0.106. The number of carboxylic acid groups (broad SMARTS) is 1. The van der Waals surface area contributed by atoms with Crippen LogP contribution in [0.1, 0.15) is 31.0 Å². The highest BCUT2D eigenvalue weighted by Gasteiger charge is 2.39. The molecule has 2 amide bonds. The average Bonchev–Trinajstić information content (AvgIpc) is 3.59. The Bertz CT molecular complexity index is 1790. The zero-order chi connectivity index (χ0) is 33.4. The normalized spacial score (nSPS) is 20.6. The number of likely N-dealkylation sites (tertiary alicyclic amines) is 1. The number of rotatable bonds is 7. The number of halogens is 2. The van der Waals surface area contributed by atoms with Gasteiger partial charge in [-0.25, -0.2) is 24.5 Å². The Morgan fingerprint density at radius 1 is 1.08 bits per heavy atom. The predicted octanol–water partition coefficient (Wildman–Crippen LogP) is 4.48. The molecule has 1 atom stereocenters. The number of anilines is 2. The molecule has 3 aromatic rings. The van der Waals surface area contributed by atoms with Gasteiger partial charge in [0.05, 0.1) is 18.8 Å². The van der Waals surface area contributed by atoms with Crippen LogP contribution in [0.3, 0.4) is 0 Å². The van der Waals surface area contributed by atoms with Crippen molar-refractivity contribution < 1.29 is 28.2 Å². The molecule has 0 aliphatic carbocycles. The molecule has 0 saturated carbocycles. The molecule has 0 aromatic carbocycles. The van der Waals surface area contributed by atoms with Gasteiger partial charge in [0.25, 0.3) is 0 Å².